The number of thioether (sulfide) groups is 1. The van der Waals surface area contributed by atoms with Crippen molar-refractivity contribution >= 4 is 23.4 Å². The van der Waals surface area contributed by atoms with E-state index in [4.69, 9.17) is 5.84 Å². The second kappa shape index (κ2) is 7.26. The van der Waals surface area contributed by atoms with E-state index in [0.717, 1.165) is 30.0 Å². The highest BCUT2D eigenvalue weighted by Gasteiger charge is 2.15. The number of aromatic nitrogens is 4. The number of hydrogen-bond acceptors (Lipinski definition) is 6. The van der Waals surface area contributed by atoms with Crippen molar-refractivity contribution in [1.29, 1.82) is 0 Å². The van der Waals surface area contributed by atoms with E-state index < -0.39 is 17.5 Å². The number of rotatable bonds is 5. The van der Waals surface area contributed by atoms with Crippen LogP contribution in [0.3, 0.4) is 0 Å². The number of hydrogen-bond donors (Lipinski definition) is 2. The van der Waals surface area contributed by atoms with Crippen LogP contribution in [0.4, 0.5) is 14.5 Å². The molecule has 0 atom stereocenters. The van der Waals surface area contributed by atoms with E-state index in [1.165, 1.54) is 4.68 Å². The summed E-state index contributed by atoms with van der Waals surface area (Å²) in [5.41, 5.74) is 0.450. The minimum Gasteiger partial charge on any atom is -0.335 e. The molecule has 0 bridgehead atoms. The first kappa shape index (κ1) is 16.8. The first-order valence-electron chi connectivity index (χ1n) is 7.03. The molecular weight excluding hydrogens is 350 g/mol. The van der Waals surface area contributed by atoms with E-state index in [2.05, 4.69) is 20.5 Å². The van der Waals surface area contributed by atoms with Crippen LogP contribution in [0.2, 0.25) is 0 Å². The Hall–Kier alpha value is -3.01. The molecule has 0 aliphatic heterocycles. The first-order valence-corrected chi connectivity index (χ1v) is 8.02. The Morgan fingerprint density at radius 1 is 1.28 bits per heavy atom. The number of nitrogens with one attached hydrogen (secondary N) is 1. The van der Waals surface area contributed by atoms with Crippen LogP contribution in [0, 0.1) is 11.6 Å². The molecule has 0 saturated heterocycles. The summed E-state index contributed by atoms with van der Waals surface area (Å²) in [7, 11) is 0. The Kier molecular flexibility index (Phi) is 4.89. The van der Waals surface area contributed by atoms with E-state index in [0.29, 0.717) is 16.5 Å². The van der Waals surface area contributed by atoms with Gasteiger partial charge >= 0.3 is 0 Å². The highest BCUT2D eigenvalue weighted by Crippen LogP contribution is 2.21. The van der Waals surface area contributed by atoms with Crippen LogP contribution in [0.1, 0.15) is 0 Å². The molecule has 10 heteroatoms. The number of pyridine rings is 1. The molecule has 3 rings (SSSR count). The predicted molar refractivity (Wildman–Crippen MR) is 89.1 cm³/mol. The van der Waals surface area contributed by atoms with Crippen LogP contribution in [0.15, 0.2) is 47.9 Å². The molecule has 0 spiro atoms. The molecule has 2 aromatic heterocycles. The number of nitrogen functional groups attached to an aromatic ring is 1. The van der Waals surface area contributed by atoms with Crippen molar-refractivity contribution in [2.45, 2.75) is 5.16 Å². The van der Waals surface area contributed by atoms with Crippen LogP contribution in [-0.2, 0) is 4.79 Å². The van der Waals surface area contributed by atoms with Crippen molar-refractivity contribution in [3.63, 3.8) is 0 Å². The number of carbonyl (C=O) groups excluding carboxylic acids is 1. The van der Waals surface area contributed by atoms with Crippen molar-refractivity contribution in [3.05, 3.63) is 54.4 Å². The molecule has 0 saturated carbocycles. The predicted octanol–water partition coefficient (Wildman–Crippen LogP) is 2.06. The van der Waals surface area contributed by atoms with Crippen molar-refractivity contribution < 1.29 is 13.6 Å². The third-order valence-corrected chi connectivity index (χ3v) is 4.06. The highest BCUT2D eigenvalue weighted by molar-refractivity contribution is 7.99. The average molecular weight is 362 g/mol. The molecule has 128 valence electrons. The third kappa shape index (κ3) is 3.91. The lowest BCUT2D eigenvalue weighted by molar-refractivity contribution is -0.113. The van der Waals surface area contributed by atoms with E-state index >= 15 is 0 Å². The van der Waals surface area contributed by atoms with Gasteiger partial charge in [-0.3, -0.25) is 9.78 Å². The number of halogens is 2. The largest absolute Gasteiger partial charge is 0.335 e. The number of amides is 1. The van der Waals surface area contributed by atoms with Gasteiger partial charge in [-0.2, -0.15) is 0 Å². The van der Waals surface area contributed by atoms with Crippen LogP contribution in [0.5, 0.6) is 0 Å². The molecule has 1 amide bonds. The summed E-state index contributed by atoms with van der Waals surface area (Å²) >= 11 is 1.02. The van der Waals surface area contributed by atoms with Crippen molar-refractivity contribution in [3.8, 4) is 11.4 Å². The second-order valence-electron chi connectivity index (χ2n) is 4.88. The topological polar surface area (TPSA) is 98.7 Å². The summed E-state index contributed by atoms with van der Waals surface area (Å²) in [6, 6.07) is 6.32. The summed E-state index contributed by atoms with van der Waals surface area (Å²) in [5.74, 6) is 4.32. The fourth-order valence-electron chi connectivity index (χ4n) is 1.98. The number of anilines is 1. The monoisotopic (exact) mass is 362 g/mol. The lowest BCUT2D eigenvalue weighted by Crippen LogP contribution is -2.17. The van der Waals surface area contributed by atoms with Crippen molar-refractivity contribution in [2.24, 2.45) is 0 Å². The number of carbonyl (C=O) groups is 1. The van der Waals surface area contributed by atoms with Gasteiger partial charge in [0, 0.05) is 24.0 Å². The Morgan fingerprint density at radius 2 is 2.12 bits per heavy atom. The maximum Gasteiger partial charge on any atom is 0.234 e. The Balaban J connectivity index is 1.65. The minimum absolute atomic E-state index is 0.0989. The van der Waals surface area contributed by atoms with Gasteiger partial charge in [-0.1, -0.05) is 11.8 Å². The number of benzene rings is 1. The van der Waals surface area contributed by atoms with Crippen LogP contribution in [0.25, 0.3) is 11.4 Å². The van der Waals surface area contributed by atoms with Gasteiger partial charge < -0.3 is 11.2 Å². The summed E-state index contributed by atoms with van der Waals surface area (Å²) in [5, 5.41) is 10.5. The van der Waals surface area contributed by atoms with Gasteiger partial charge in [0.05, 0.1) is 11.4 Å². The van der Waals surface area contributed by atoms with E-state index in [1.807, 2.05) is 0 Å². The van der Waals surface area contributed by atoms with E-state index in [-0.39, 0.29) is 11.4 Å². The Morgan fingerprint density at radius 3 is 2.88 bits per heavy atom. The molecule has 3 N–H and O–H groups in total. The molecule has 2 heterocycles. The van der Waals surface area contributed by atoms with Gasteiger partial charge in [0.1, 0.15) is 11.6 Å². The SMILES string of the molecule is Nn1c(SCC(=O)Nc2cc(F)ccc2F)nnc1-c1cccnc1. The summed E-state index contributed by atoms with van der Waals surface area (Å²) < 4.78 is 27.8. The van der Waals surface area contributed by atoms with Gasteiger partial charge in [-0.05, 0) is 24.3 Å². The Labute approximate surface area is 145 Å². The van der Waals surface area contributed by atoms with Gasteiger partial charge in [0.15, 0.2) is 5.82 Å². The molecule has 0 radical (unpaired) electrons. The van der Waals surface area contributed by atoms with Crippen LogP contribution >= 0.6 is 11.8 Å². The zero-order valence-electron chi connectivity index (χ0n) is 12.7. The minimum atomic E-state index is -0.722. The first-order chi connectivity index (χ1) is 12.0. The van der Waals surface area contributed by atoms with Crippen molar-refractivity contribution in [2.75, 3.05) is 16.9 Å². The van der Waals surface area contributed by atoms with Gasteiger partial charge in [-0.15, -0.1) is 10.2 Å². The third-order valence-electron chi connectivity index (χ3n) is 3.12. The number of nitrogens with zero attached hydrogens (tertiary/aromatic N) is 4. The second-order valence-corrected chi connectivity index (χ2v) is 5.82. The summed E-state index contributed by atoms with van der Waals surface area (Å²) in [4.78, 5) is 15.9. The van der Waals surface area contributed by atoms with E-state index in [1.54, 1.807) is 24.5 Å². The fourth-order valence-corrected chi connectivity index (χ4v) is 2.63. The molecule has 25 heavy (non-hydrogen) atoms. The zero-order valence-corrected chi connectivity index (χ0v) is 13.5. The summed E-state index contributed by atoms with van der Waals surface area (Å²) in [6.07, 6.45) is 3.20. The quantitative estimate of drug-likeness (QED) is 0.532. The molecule has 1 aromatic carbocycles. The smallest absolute Gasteiger partial charge is 0.234 e. The van der Waals surface area contributed by atoms with Crippen LogP contribution in [-0.4, -0.2) is 31.5 Å². The normalized spacial score (nSPS) is 10.6. The Bertz CT molecular complexity index is 902. The van der Waals surface area contributed by atoms with E-state index in [9.17, 15) is 13.6 Å². The maximum absolute atomic E-state index is 13.5. The molecule has 0 aliphatic rings. The standard InChI is InChI=1S/C15H12F2N6OS/c16-10-3-4-11(17)12(6-10)20-13(24)8-25-15-22-21-14(23(15)18)9-2-1-5-19-7-9/h1-7H,8,18H2,(H,20,24). The van der Waals surface area contributed by atoms with Crippen molar-refractivity contribution in [1.82, 2.24) is 19.9 Å². The lowest BCUT2D eigenvalue weighted by atomic mass is 10.3. The molecule has 7 nitrogen and oxygen atoms in total. The fraction of sp³-hybridized carbons (Fsp3) is 0.0667. The number of nitrogens with two attached hydrogens (primary N) is 1. The van der Waals surface area contributed by atoms with Gasteiger partial charge in [0.2, 0.25) is 11.1 Å². The highest BCUT2D eigenvalue weighted by atomic mass is 32.2. The molecule has 0 fully saturated rings. The molecule has 3 aromatic rings. The maximum atomic E-state index is 13.5. The molecule has 0 aliphatic carbocycles. The average Bonchev–Trinajstić information content (AvgIpc) is 2.98. The molecule has 0 unspecified atom stereocenters. The zero-order chi connectivity index (χ0) is 17.8. The van der Waals surface area contributed by atoms with Gasteiger partial charge in [-0.25, -0.2) is 13.5 Å². The lowest BCUT2D eigenvalue weighted by Gasteiger charge is -2.06. The summed E-state index contributed by atoms with van der Waals surface area (Å²) in [6.45, 7) is 0. The molecular formula is C15H12F2N6OS. The van der Waals surface area contributed by atoms with Gasteiger partial charge in [0.25, 0.3) is 0 Å². The van der Waals surface area contributed by atoms with Crippen LogP contribution < -0.4 is 11.2 Å².